The van der Waals surface area contributed by atoms with E-state index in [0.29, 0.717) is 5.56 Å². The van der Waals surface area contributed by atoms with Gasteiger partial charge in [-0.3, -0.25) is 4.79 Å². The molecule has 0 saturated heterocycles. The lowest BCUT2D eigenvalue weighted by Crippen LogP contribution is -2.31. The van der Waals surface area contributed by atoms with Crippen molar-refractivity contribution in [2.24, 2.45) is 0 Å². The summed E-state index contributed by atoms with van der Waals surface area (Å²) in [4.78, 5) is 12.4. The first-order valence-electron chi connectivity index (χ1n) is 7.40. The summed E-state index contributed by atoms with van der Waals surface area (Å²) in [5.74, 6) is -0.0280. The van der Waals surface area contributed by atoms with Gasteiger partial charge in [0.25, 0.3) is 5.91 Å². The van der Waals surface area contributed by atoms with Gasteiger partial charge in [0, 0.05) is 11.3 Å². The Balaban J connectivity index is 1.81. The van der Waals surface area contributed by atoms with E-state index in [2.05, 4.69) is 23.5 Å². The third-order valence-corrected chi connectivity index (χ3v) is 4.21. The van der Waals surface area contributed by atoms with E-state index in [-0.39, 0.29) is 11.9 Å². The minimum absolute atomic E-state index is 0.0280. The average Bonchev–Trinajstić information content (AvgIpc) is 2.50. The van der Waals surface area contributed by atoms with Gasteiger partial charge in [-0.2, -0.15) is 0 Å². The van der Waals surface area contributed by atoms with Crippen LogP contribution in [0.4, 0.5) is 5.69 Å². The van der Waals surface area contributed by atoms with E-state index < -0.39 is 0 Å². The Morgan fingerprint density at radius 1 is 1.24 bits per heavy atom. The Morgan fingerprint density at radius 3 is 2.86 bits per heavy atom. The quantitative estimate of drug-likeness (QED) is 0.829. The minimum atomic E-state index is -0.0280. The number of nitrogens with one attached hydrogen (secondary N) is 1. The molecular formula is C18H20N2O. The first-order chi connectivity index (χ1) is 10.1. The highest BCUT2D eigenvalue weighted by Gasteiger charge is 2.21. The van der Waals surface area contributed by atoms with Crippen molar-refractivity contribution in [3.63, 3.8) is 0 Å². The lowest BCUT2D eigenvalue weighted by molar-refractivity contribution is 0.0932. The van der Waals surface area contributed by atoms with E-state index in [4.69, 9.17) is 5.73 Å². The summed E-state index contributed by atoms with van der Waals surface area (Å²) >= 11 is 0. The molecule has 0 aliphatic heterocycles. The molecular weight excluding hydrogens is 260 g/mol. The van der Waals surface area contributed by atoms with Crippen molar-refractivity contribution in [1.29, 1.82) is 0 Å². The number of carbonyl (C=O) groups is 1. The SMILES string of the molecule is Cc1cc(C(=O)NC2CCCc3ccccc32)ccc1N. The summed E-state index contributed by atoms with van der Waals surface area (Å²) in [6, 6.07) is 13.9. The van der Waals surface area contributed by atoms with Crippen LogP contribution >= 0.6 is 0 Å². The van der Waals surface area contributed by atoms with Gasteiger partial charge in [-0.15, -0.1) is 0 Å². The second kappa shape index (κ2) is 5.60. The smallest absolute Gasteiger partial charge is 0.251 e. The molecule has 2 aromatic carbocycles. The topological polar surface area (TPSA) is 55.1 Å². The van der Waals surface area contributed by atoms with Crippen LogP contribution in [0.25, 0.3) is 0 Å². The average molecular weight is 280 g/mol. The first kappa shape index (κ1) is 13.7. The predicted molar refractivity (Wildman–Crippen MR) is 85.2 cm³/mol. The first-order valence-corrected chi connectivity index (χ1v) is 7.40. The number of anilines is 1. The number of aryl methyl sites for hydroxylation is 2. The summed E-state index contributed by atoms with van der Waals surface area (Å²) in [6.07, 6.45) is 3.21. The number of carbonyl (C=O) groups excluding carboxylic acids is 1. The van der Waals surface area contributed by atoms with Crippen LogP contribution in [0, 0.1) is 6.92 Å². The molecule has 0 heterocycles. The van der Waals surface area contributed by atoms with Gasteiger partial charge in [0.1, 0.15) is 0 Å². The van der Waals surface area contributed by atoms with Gasteiger partial charge in [0.15, 0.2) is 0 Å². The molecule has 3 rings (SSSR count). The Morgan fingerprint density at radius 2 is 2.05 bits per heavy atom. The van der Waals surface area contributed by atoms with Crippen LogP contribution in [0.15, 0.2) is 42.5 Å². The molecule has 0 fully saturated rings. The maximum atomic E-state index is 12.4. The van der Waals surface area contributed by atoms with Crippen molar-refractivity contribution in [3.8, 4) is 0 Å². The third kappa shape index (κ3) is 2.77. The molecule has 1 aliphatic rings. The third-order valence-electron chi connectivity index (χ3n) is 4.21. The van der Waals surface area contributed by atoms with Crippen LogP contribution in [0.1, 0.15) is 45.9 Å². The van der Waals surface area contributed by atoms with Gasteiger partial charge in [-0.05, 0) is 61.1 Å². The number of fused-ring (bicyclic) bond motifs is 1. The summed E-state index contributed by atoms with van der Waals surface area (Å²) in [5.41, 5.74) is 10.7. The molecule has 2 aromatic rings. The number of nitrogen functional groups attached to an aromatic ring is 1. The van der Waals surface area contributed by atoms with Crippen molar-refractivity contribution in [3.05, 3.63) is 64.7 Å². The molecule has 21 heavy (non-hydrogen) atoms. The van der Waals surface area contributed by atoms with Crippen LogP contribution in [0.5, 0.6) is 0 Å². The van der Waals surface area contributed by atoms with Gasteiger partial charge < -0.3 is 11.1 Å². The van der Waals surface area contributed by atoms with E-state index in [1.807, 2.05) is 19.1 Å². The highest BCUT2D eigenvalue weighted by atomic mass is 16.1. The molecule has 3 N–H and O–H groups in total. The highest BCUT2D eigenvalue weighted by Crippen LogP contribution is 2.29. The van der Waals surface area contributed by atoms with Crippen molar-refractivity contribution in [1.82, 2.24) is 5.32 Å². The molecule has 0 saturated carbocycles. The largest absolute Gasteiger partial charge is 0.399 e. The van der Waals surface area contributed by atoms with E-state index in [1.165, 1.54) is 11.1 Å². The Bertz CT molecular complexity index is 679. The summed E-state index contributed by atoms with van der Waals surface area (Å²) in [6.45, 7) is 1.92. The summed E-state index contributed by atoms with van der Waals surface area (Å²) < 4.78 is 0. The van der Waals surface area contributed by atoms with E-state index in [1.54, 1.807) is 12.1 Å². The number of hydrogen-bond donors (Lipinski definition) is 2. The molecule has 0 radical (unpaired) electrons. The molecule has 1 unspecified atom stereocenters. The Labute approximate surface area is 125 Å². The maximum Gasteiger partial charge on any atom is 0.251 e. The Kier molecular flexibility index (Phi) is 3.65. The van der Waals surface area contributed by atoms with Gasteiger partial charge in [-0.25, -0.2) is 0 Å². The maximum absolute atomic E-state index is 12.4. The predicted octanol–water partition coefficient (Wildman–Crippen LogP) is 3.38. The molecule has 108 valence electrons. The summed E-state index contributed by atoms with van der Waals surface area (Å²) in [7, 11) is 0. The fraction of sp³-hybridized carbons (Fsp3) is 0.278. The fourth-order valence-electron chi connectivity index (χ4n) is 2.96. The van der Waals surface area contributed by atoms with E-state index >= 15 is 0 Å². The minimum Gasteiger partial charge on any atom is -0.399 e. The van der Waals surface area contributed by atoms with Crippen LogP contribution in [0.2, 0.25) is 0 Å². The number of amides is 1. The fourth-order valence-corrected chi connectivity index (χ4v) is 2.96. The van der Waals surface area contributed by atoms with Gasteiger partial charge in [0.05, 0.1) is 6.04 Å². The molecule has 0 spiro atoms. The lowest BCUT2D eigenvalue weighted by atomic mass is 9.87. The standard InChI is InChI=1S/C18H20N2O/c1-12-11-14(9-10-16(12)19)18(21)20-17-8-4-6-13-5-2-3-7-15(13)17/h2-3,5,7,9-11,17H,4,6,8,19H2,1H3,(H,20,21). The molecule has 0 aromatic heterocycles. The van der Waals surface area contributed by atoms with Crippen LogP contribution in [0.3, 0.4) is 0 Å². The van der Waals surface area contributed by atoms with Crippen LogP contribution in [-0.4, -0.2) is 5.91 Å². The molecule has 1 atom stereocenters. The second-order valence-corrected chi connectivity index (χ2v) is 5.69. The second-order valence-electron chi connectivity index (χ2n) is 5.69. The normalized spacial score (nSPS) is 17.1. The van der Waals surface area contributed by atoms with Gasteiger partial charge in [0.2, 0.25) is 0 Å². The zero-order chi connectivity index (χ0) is 14.8. The van der Waals surface area contributed by atoms with Crippen molar-refractivity contribution >= 4 is 11.6 Å². The number of nitrogens with two attached hydrogens (primary N) is 1. The summed E-state index contributed by atoms with van der Waals surface area (Å²) in [5, 5.41) is 3.16. The van der Waals surface area contributed by atoms with Crippen LogP contribution < -0.4 is 11.1 Å². The highest BCUT2D eigenvalue weighted by molar-refractivity contribution is 5.95. The van der Waals surface area contributed by atoms with Crippen molar-refractivity contribution in [2.75, 3.05) is 5.73 Å². The van der Waals surface area contributed by atoms with Gasteiger partial charge in [-0.1, -0.05) is 24.3 Å². The molecule has 3 nitrogen and oxygen atoms in total. The lowest BCUT2D eigenvalue weighted by Gasteiger charge is -2.26. The van der Waals surface area contributed by atoms with Crippen LogP contribution in [-0.2, 0) is 6.42 Å². The number of rotatable bonds is 2. The Hall–Kier alpha value is -2.29. The molecule has 3 heteroatoms. The zero-order valence-corrected chi connectivity index (χ0v) is 12.2. The van der Waals surface area contributed by atoms with E-state index in [0.717, 1.165) is 30.5 Å². The number of benzene rings is 2. The molecule has 0 bridgehead atoms. The molecule has 1 aliphatic carbocycles. The monoisotopic (exact) mass is 280 g/mol. The zero-order valence-electron chi connectivity index (χ0n) is 12.2. The van der Waals surface area contributed by atoms with Gasteiger partial charge >= 0.3 is 0 Å². The van der Waals surface area contributed by atoms with Crippen molar-refractivity contribution in [2.45, 2.75) is 32.2 Å². The number of hydrogen-bond acceptors (Lipinski definition) is 2. The molecule has 1 amide bonds. The van der Waals surface area contributed by atoms with Crippen molar-refractivity contribution < 1.29 is 4.79 Å². The van der Waals surface area contributed by atoms with E-state index in [9.17, 15) is 4.79 Å².